The molecule has 0 bridgehead atoms. The van der Waals surface area contributed by atoms with Crippen molar-refractivity contribution < 1.29 is 48.2 Å². The highest BCUT2D eigenvalue weighted by molar-refractivity contribution is 8.00. The van der Waals surface area contributed by atoms with Gasteiger partial charge in [0.05, 0.1) is 31.9 Å². The summed E-state index contributed by atoms with van der Waals surface area (Å²) >= 11 is 1.21. The van der Waals surface area contributed by atoms with Gasteiger partial charge < -0.3 is 30.0 Å². The number of benzene rings is 1. The Kier molecular flexibility index (Phi) is 25.1. The van der Waals surface area contributed by atoms with E-state index in [2.05, 4.69) is 33.6 Å². The van der Waals surface area contributed by atoms with Gasteiger partial charge in [0.15, 0.2) is 0 Å². The van der Waals surface area contributed by atoms with Crippen LogP contribution in [0.2, 0.25) is 0 Å². The SMILES string of the molecule is CCOC(=O)CCC[C@H](O)[C@@H](/C=C/C=C/C=C\C/C=C\C1CCCCC1)SC[C@H](NC(=O)CC[C@@H](C(=O)OC)N(C)Cc1ccccc1[N+](=O)[O-])C(=O)NCC(=O)OC. The lowest BCUT2D eigenvalue weighted by molar-refractivity contribution is -0.385. The highest BCUT2D eigenvalue weighted by Gasteiger charge is 2.29. The molecule has 1 aliphatic carbocycles. The lowest BCUT2D eigenvalue weighted by Crippen LogP contribution is -2.50. The summed E-state index contributed by atoms with van der Waals surface area (Å²) in [5, 5.41) is 27.4. The van der Waals surface area contributed by atoms with Crippen molar-refractivity contribution in [2.45, 2.75) is 108 Å². The van der Waals surface area contributed by atoms with E-state index in [4.69, 9.17) is 9.47 Å². The number of allylic oxidation sites excluding steroid dienone is 7. The Hall–Kier alpha value is -4.80. The van der Waals surface area contributed by atoms with Crippen molar-refractivity contribution in [2.75, 3.05) is 40.2 Å². The molecule has 1 saturated carbocycles. The minimum atomic E-state index is -1.17. The van der Waals surface area contributed by atoms with Gasteiger partial charge in [0.2, 0.25) is 11.8 Å². The summed E-state index contributed by atoms with van der Waals surface area (Å²) in [5.74, 6) is -2.31. The molecule has 3 N–H and O–H groups in total. The van der Waals surface area contributed by atoms with Crippen LogP contribution in [0.25, 0.3) is 0 Å². The third-order valence-electron chi connectivity index (χ3n) is 9.67. The predicted octanol–water partition coefficient (Wildman–Crippen LogP) is 5.51. The molecule has 0 saturated heterocycles. The zero-order valence-corrected chi connectivity index (χ0v) is 35.6. The van der Waals surface area contributed by atoms with E-state index in [1.165, 1.54) is 64.2 Å². The molecule has 16 heteroatoms. The largest absolute Gasteiger partial charge is 0.468 e. The monoisotopic (exact) mass is 842 g/mol. The molecule has 326 valence electrons. The van der Waals surface area contributed by atoms with Crippen molar-refractivity contribution in [3.63, 3.8) is 0 Å². The summed E-state index contributed by atoms with van der Waals surface area (Å²) < 4.78 is 14.6. The van der Waals surface area contributed by atoms with E-state index in [1.54, 1.807) is 49.2 Å². The lowest BCUT2D eigenvalue weighted by atomic mass is 9.89. The number of nitrogens with one attached hydrogen (secondary N) is 2. The second-order valence-corrected chi connectivity index (χ2v) is 15.3. The van der Waals surface area contributed by atoms with Crippen molar-refractivity contribution >= 4 is 47.2 Å². The van der Waals surface area contributed by atoms with Crippen LogP contribution < -0.4 is 10.6 Å². The van der Waals surface area contributed by atoms with E-state index in [0.717, 1.165) is 6.42 Å². The van der Waals surface area contributed by atoms with Crippen molar-refractivity contribution in [2.24, 2.45) is 5.92 Å². The van der Waals surface area contributed by atoms with Crippen molar-refractivity contribution in [3.8, 4) is 0 Å². The number of nitro groups is 1. The van der Waals surface area contributed by atoms with Crippen LogP contribution in [0.3, 0.4) is 0 Å². The average molecular weight is 843 g/mol. The summed E-state index contributed by atoms with van der Waals surface area (Å²) in [6, 6.07) is 4.01. The number of aliphatic hydroxyl groups is 1. The normalized spacial score (nSPS) is 15.6. The Balaban J connectivity index is 2.17. The van der Waals surface area contributed by atoms with Crippen LogP contribution in [-0.2, 0) is 44.7 Å². The van der Waals surface area contributed by atoms with Crippen LogP contribution >= 0.6 is 11.8 Å². The van der Waals surface area contributed by atoms with E-state index in [0.29, 0.717) is 17.9 Å². The molecule has 0 aliphatic heterocycles. The molecule has 0 radical (unpaired) electrons. The first kappa shape index (κ1) is 50.3. The molecule has 1 aromatic rings. The number of para-hydroxylation sites is 1. The van der Waals surface area contributed by atoms with Gasteiger partial charge >= 0.3 is 17.9 Å². The average Bonchev–Trinajstić information content (AvgIpc) is 3.22. The molecule has 0 spiro atoms. The van der Waals surface area contributed by atoms with Crippen molar-refractivity contribution in [3.05, 3.63) is 88.6 Å². The number of hydrogen-bond donors (Lipinski definition) is 3. The fourth-order valence-corrected chi connectivity index (χ4v) is 7.63. The highest BCUT2D eigenvalue weighted by atomic mass is 32.2. The number of thioether (sulfide) groups is 1. The second kappa shape index (κ2) is 29.4. The van der Waals surface area contributed by atoms with E-state index >= 15 is 0 Å². The first-order chi connectivity index (χ1) is 28.4. The van der Waals surface area contributed by atoms with Crippen LogP contribution in [0, 0.1) is 16.0 Å². The number of hydrogen-bond acceptors (Lipinski definition) is 13. The number of likely N-dealkylation sites (N-methyl/N-ethyl adjacent to an activating group) is 1. The molecule has 0 aromatic heterocycles. The number of esters is 3. The Morgan fingerprint density at radius 3 is 2.41 bits per heavy atom. The summed E-state index contributed by atoms with van der Waals surface area (Å²) in [7, 11) is 3.96. The van der Waals surface area contributed by atoms with Crippen LogP contribution in [0.15, 0.2) is 72.9 Å². The molecule has 0 heterocycles. The number of carbonyl (C=O) groups excluding carboxylic acids is 5. The zero-order chi connectivity index (χ0) is 43.4. The topological polar surface area (TPSA) is 204 Å². The van der Waals surface area contributed by atoms with E-state index in [-0.39, 0.29) is 56.2 Å². The fourth-order valence-electron chi connectivity index (χ4n) is 6.42. The van der Waals surface area contributed by atoms with Gasteiger partial charge in [-0.3, -0.25) is 39.0 Å². The van der Waals surface area contributed by atoms with E-state index < -0.39 is 58.7 Å². The van der Waals surface area contributed by atoms with Crippen LogP contribution in [0.4, 0.5) is 5.69 Å². The highest BCUT2D eigenvalue weighted by Crippen LogP contribution is 2.25. The number of rotatable bonds is 27. The van der Waals surface area contributed by atoms with Crippen LogP contribution in [-0.4, -0.2) is 108 Å². The minimum Gasteiger partial charge on any atom is -0.468 e. The molecule has 2 amide bonds. The van der Waals surface area contributed by atoms with Gasteiger partial charge in [0, 0.05) is 42.0 Å². The summed E-state index contributed by atoms with van der Waals surface area (Å²) in [6.45, 7) is 1.55. The van der Waals surface area contributed by atoms with Gasteiger partial charge in [-0.1, -0.05) is 86.1 Å². The van der Waals surface area contributed by atoms with Gasteiger partial charge in [-0.25, -0.2) is 0 Å². The maximum absolute atomic E-state index is 13.4. The molecule has 1 fully saturated rings. The van der Waals surface area contributed by atoms with Crippen LogP contribution in [0.1, 0.15) is 83.1 Å². The van der Waals surface area contributed by atoms with Crippen LogP contribution in [0.5, 0.6) is 0 Å². The standard InChI is InChI=1S/C43H62N4O11S/c1-5-58-40(50)26-18-24-37(48)38(25-15-10-8-6-7-9-12-19-32-20-13-11-14-21-32)59-31-34(42(52)44-29-41(51)56-3)45-39(49)28-27-36(43(53)57-4)46(2)30-33-22-16-17-23-35(33)47(54)55/h6-8,10,12,15-17,19,22-23,25,32,34,36-38,48H,5,9,11,13-14,18,20-21,24,26-31H2,1-4H3,(H,44,52)(H,45,49)/b7-6-,10-8+,19-12-,25-15+/t34-,36-,37-,38+/m0/s1. The fraction of sp³-hybridized carbons (Fsp3) is 0.558. The maximum Gasteiger partial charge on any atom is 0.325 e. The number of nitrogens with zero attached hydrogens (tertiary/aromatic N) is 2. The van der Waals surface area contributed by atoms with Crippen molar-refractivity contribution in [1.29, 1.82) is 0 Å². The number of aliphatic hydroxyl groups excluding tert-OH is 1. The lowest BCUT2D eigenvalue weighted by Gasteiger charge is -2.26. The zero-order valence-electron chi connectivity index (χ0n) is 34.8. The van der Waals surface area contributed by atoms with Crippen molar-refractivity contribution in [1.82, 2.24) is 15.5 Å². The summed E-state index contributed by atoms with van der Waals surface area (Å²) in [4.78, 5) is 75.9. The van der Waals surface area contributed by atoms with Gasteiger partial charge in [0.25, 0.3) is 5.69 Å². The minimum absolute atomic E-state index is 0.0162. The summed E-state index contributed by atoms with van der Waals surface area (Å²) in [5.41, 5.74) is 0.255. The first-order valence-electron chi connectivity index (χ1n) is 20.2. The van der Waals surface area contributed by atoms with Gasteiger partial charge in [0.1, 0.15) is 18.6 Å². The number of amides is 2. The van der Waals surface area contributed by atoms with Gasteiger partial charge in [-0.2, -0.15) is 0 Å². The molecule has 15 nitrogen and oxygen atoms in total. The quantitative estimate of drug-likeness (QED) is 0.0250. The molecule has 4 atom stereocenters. The van der Waals surface area contributed by atoms with Gasteiger partial charge in [-0.15, -0.1) is 11.8 Å². The third-order valence-corrected chi connectivity index (χ3v) is 11.0. The Morgan fingerprint density at radius 1 is 0.983 bits per heavy atom. The number of nitro benzene ring substituents is 1. The Bertz CT molecular complexity index is 1610. The number of carbonyl (C=O) groups is 5. The molecule has 59 heavy (non-hydrogen) atoms. The molecule has 2 rings (SSSR count). The Morgan fingerprint density at radius 2 is 1.71 bits per heavy atom. The maximum atomic E-state index is 13.4. The molecule has 0 unspecified atom stereocenters. The van der Waals surface area contributed by atoms with E-state index in [1.807, 2.05) is 18.2 Å². The second-order valence-electron chi connectivity index (χ2n) is 14.1. The predicted molar refractivity (Wildman–Crippen MR) is 227 cm³/mol. The van der Waals surface area contributed by atoms with Gasteiger partial charge in [-0.05, 0) is 58.4 Å². The molecular formula is C43H62N4O11S. The smallest absolute Gasteiger partial charge is 0.325 e. The molecule has 1 aromatic carbocycles. The molecule has 1 aliphatic rings. The first-order valence-corrected chi connectivity index (χ1v) is 21.2. The number of methoxy groups -OCH3 is 2. The molecular weight excluding hydrogens is 781 g/mol. The number of ether oxygens (including phenoxy) is 3. The third kappa shape index (κ3) is 20.6. The van der Waals surface area contributed by atoms with E-state index in [9.17, 15) is 39.2 Å². The summed E-state index contributed by atoms with van der Waals surface area (Å²) in [6.07, 6.45) is 22.6. The Labute approximate surface area is 352 Å².